The number of nitrogens with zero attached hydrogens (tertiary/aromatic N) is 3. The summed E-state index contributed by atoms with van der Waals surface area (Å²) in [5.41, 5.74) is -0.103. The Morgan fingerprint density at radius 3 is 2.19 bits per heavy atom. The maximum atomic E-state index is 5.77. The Labute approximate surface area is 118 Å². The van der Waals surface area contributed by atoms with Crippen molar-refractivity contribution in [3.63, 3.8) is 0 Å². The monoisotopic (exact) mass is 359 g/mol. The van der Waals surface area contributed by atoms with Gasteiger partial charge in [0, 0.05) is 35.8 Å². The zero-order valence-corrected chi connectivity index (χ0v) is 12.9. The molecule has 0 aromatic carbocycles. The summed E-state index contributed by atoms with van der Waals surface area (Å²) >= 11 is 5.77. The summed E-state index contributed by atoms with van der Waals surface area (Å²) in [6.45, 7) is 8.79. The van der Waals surface area contributed by atoms with Gasteiger partial charge in [-0.15, -0.1) is 0 Å². The fourth-order valence-corrected chi connectivity index (χ4v) is 1.14. The Bertz CT molecular complexity index is 339. The molecule has 0 aliphatic heterocycles. The largest absolute Gasteiger partial charge is 0.354 e. The van der Waals surface area contributed by atoms with E-state index < -0.39 is 0 Å². The Kier molecular flexibility index (Phi) is 6.31. The second-order valence-corrected chi connectivity index (χ2v) is 4.50. The van der Waals surface area contributed by atoms with E-state index in [9.17, 15) is 0 Å². The van der Waals surface area contributed by atoms with Crippen molar-refractivity contribution in [2.45, 2.75) is 33.2 Å². The van der Waals surface area contributed by atoms with Crippen molar-refractivity contribution in [1.29, 1.82) is 0 Å². The predicted molar refractivity (Wildman–Crippen MR) is 68.1 cm³/mol. The first-order chi connectivity index (χ1) is 6.90. The molecule has 0 aliphatic carbocycles. The first-order valence-corrected chi connectivity index (χ1v) is 5.22. The number of halogens is 1. The van der Waals surface area contributed by atoms with E-state index in [-0.39, 0.29) is 34.5 Å². The van der Waals surface area contributed by atoms with Crippen LogP contribution < -0.4 is 10.6 Å². The van der Waals surface area contributed by atoms with Crippen molar-refractivity contribution in [3.05, 3.63) is 5.28 Å². The van der Waals surface area contributed by atoms with Gasteiger partial charge < -0.3 is 10.6 Å². The van der Waals surface area contributed by atoms with Crippen LogP contribution >= 0.6 is 11.6 Å². The van der Waals surface area contributed by atoms with Crippen LogP contribution in [0.1, 0.15) is 27.7 Å². The molecule has 2 N–H and O–H groups in total. The van der Waals surface area contributed by atoms with E-state index in [2.05, 4.69) is 25.6 Å². The molecule has 0 fully saturated rings. The van der Waals surface area contributed by atoms with Crippen molar-refractivity contribution in [2.24, 2.45) is 0 Å². The first kappa shape index (κ1) is 15.7. The molecule has 2 radical (unpaired) electrons. The van der Waals surface area contributed by atoms with Gasteiger partial charge in [0.15, 0.2) is 0 Å². The summed E-state index contributed by atoms with van der Waals surface area (Å²) in [6, 6.07) is 0. The molecule has 0 amide bonds. The van der Waals surface area contributed by atoms with E-state index in [1.165, 1.54) is 0 Å². The molecule has 0 saturated heterocycles. The van der Waals surface area contributed by atoms with Gasteiger partial charge in [0.25, 0.3) is 0 Å². The molecule has 1 rings (SSSR count). The second-order valence-electron chi connectivity index (χ2n) is 4.16. The smallest absolute Gasteiger partial charge is 0.229 e. The molecular formula is C9H16ClN5Te. The third-order valence-corrected chi connectivity index (χ3v) is 1.60. The van der Waals surface area contributed by atoms with Gasteiger partial charge in [-0.25, -0.2) is 0 Å². The zero-order valence-electron chi connectivity index (χ0n) is 9.83. The molecule has 7 heteroatoms. The molecular weight excluding hydrogens is 341 g/mol. The molecule has 0 spiro atoms. The fourth-order valence-electron chi connectivity index (χ4n) is 0.979. The molecule has 0 saturated carbocycles. The van der Waals surface area contributed by atoms with E-state index in [4.69, 9.17) is 11.6 Å². The Hall–Kier alpha value is -0.310. The predicted octanol–water partition coefficient (Wildman–Crippen LogP) is 1.79. The summed E-state index contributed by atoms with van der Waals surface area (Å²) in [7, 11) is 0. The number of nitrogens with one attached hydrogen (secondary N) is 2. The van der Waals surface area contributed by atoms with E-state index in [0.29, 0.717) is 11.9 Å². The van der Waals surface area contributed by atoms with Crippen molar-refractivity contribution in [1.82, 2.24) is 15.0 Å². The van der Waals surface area contributed by atoms with Gasteiger partial charge in [0.1, 0.15) is 0 Å². The Morgan fingerprint density at radius 1 is 1.12 bits per heavy atom. The number of hydrogen-bond acceptors (Lipinski definition) is 5. The molecule has 0 bridgehead atoms. The van der Waals surface area contributed by atoms with Gasteiger partial charge in [-0.3, -0.25) is 0 Å². The van der Waals surface area contributed by atoms with Crippen molar-refractivity contribution in [2.75, 3.05) is 17.2 Å². The second kappa shape index (κ2) is 6.43. The van der Waals surface area contributed by atoms with Gasteiger partial charge in [-0.1, -0.05) is 0 Å². The summed E-state index contributed by atoms with van der Waals surface area (Å²) in [5, 5.41) is 6.31. The molecule has 0 aliphatic rings. The van der Waals surface area contributed by atoms with Gasteiger partial charge in [0.2, 0.25) is 17.2 Å². The zero-order chi connectivity index (χ0) is 11.5. The molecule has 16 heavy (non-hydrogen) atoms. The summed E-state index contributed by atoms with van der Waals surface area (Å²) in [4.78, 5) is 12.1. The van der Waals surface area contributed by atoms with Crippen LogP contribution in [0.4, 0.5) is 11.9 Å². The van der Waals surface area contributed by atoms with Crippen LogP contribution in [0, 0.1) is 0 Å². The van der Waals surface area contributed by atoms with Crippen molar-refractivity contribution < 1.29 is 0 Å². The van der Waals surface area contributed by atoms with E-state index in [0.717, 1.165) is 6.54 Å². The maximum absolute atomic E-state index is 5.77. The maximum Gasteiger partial charge on any atom is 0.229 e. The van der Waals surface area contributed by atoms with Crippen LogP contribution in [-0.2, 0) is 0 Å². The van der Waals surface area contributed by atoms with Gasteiger partial charge in [0.05, 0.1) is 0 Å². The van der Waals surface area contributed by atoms with E-state index in [1.54, 1.807) is 0 Å². The minimum absolute atomic E-state index is 0. The van der Waals surface area contributed by atoms with Gasteiger partial charge in [-0.2, -0.15) is 15.0 Å². The minimum Gasteiger partial charge on any atom is -0.354 e. The quantitative estimate of drug-likeness (QED) is 0.808. The number of aromatic nitrogens is 3. The number of rotatable bonds is 3. The standard InChI is InChI=1S/C9H16ClN5.Te/c1-5-11-7-12-6(10)13-8(14-7)15-9(2,3)4;/h5H2,1-4H3,(H2,11,12,13,14,15);. The van der Waals surface area contributed by atoms with Crippen LogP contribution in [-0.4, -0.2) is 50.7 Å². The summed E-state index contributed by atoms with van der Waals surface area (Å²) in [6.07, 6.45) is 0. The minimum atomic E-state index is -0.103. The first-order valence-electron chi connectivity index (χ1n) is 4.84. The SMILES string of the molecule is CCNc1nc(Cl)nc(NC(C)(C)C)n1.[Te]. The van der Waals surface area contributed by atoms with Crippen LogP contribution in [0.15, 0.2) is 0 Å². The molecule has 5 nitrogen and oxygen atoms in total. The molecule has 1 aromatic heterocycles. The van der Waals surface area contributed by atoms with Crippen molar-refractivity contribution >= 4 is 47.2 Å². The third-order valence-electron chi connectivity index (χ3n) is 1.43. The van der Waals surface area contributed by atoms with Crippen LogP contribution in [0.25, 0.3) is 0 Å². The Morgan fingerprint density at radius 2 is 1.69 bits per heavy atom. The molecule has 90 valence electrons. The summed E-state index contributed by atoms with van der Waals surface area (Å²) in [5.74, 6) is 0.975. The van der Waals surface area contributed by atoms with Gasteiger partial charge >= 0.3 is 0 Å². The van der Waals surface area contributed by atoms with E-state index >= 15 is 0 Å². The summed E-state index contributed by atoms with van der Waals surface area (Å²) < 4.78 is 0. The Balaban J connectivity index is 0.00000225. The van der Waals surface area contributed by atoms with Crippen LogP contribution in [0.5, 0.6) is 0 Å². The molecule has 1 heterocycles. The van der Waals surface area contributed by atoms with Crippen LogP contribution in [0.3, 0.4) is 0 Å². The van der Waals surface area contributed by atoms with Crippen molar-refractivity contribution in [3.8, 4) is 0 Å². The van der Waals surface area contributed by atoms with Crippen LogP contribution in [0.2, 0.25) is 5.28 Å². The molecule has 0 atom stereocenters. The molecule has 1 aromatic rings. The fraction of sp³-hybridized carbons (Fsp3) is 0.667. The third kappa shape index (κ3) is 5.69. The van der Waals surface area contributed by atoms with Gasteiger partial charge in [-0.05, 0) is 39.3 Å². The number of anilines is 2. The normalized spacial score (nSPS) is 10.6. The molecule has 0 unspecified atom stereocenters. The average Bonchev–Trinajstić information content (AvgIpc) is 1.99. The average molecular weight is 357 g/mol. The number of hydrogen-bond donors (Lipinski definition) is 2. The topological polar surface area (TPSA) is 62.7 Å². The van der Waals surface area contributed by atoms with E-state index in [1.807, 2.05) is 27.7 Å².